The van der Waals surface area contributed by atoms with Crippen molar-refractivity contribution >= 4 is 39.5 Å². The third-order valence-electron chi connectivity index (χ3n) is 15.8. The fraction of sp³-hybridized carbons (Fsp3) is 0.942. The van der Waals surface area contributed by atoms with E-state index in [2.05, 4.69) is 55.4 Å². The summed E-state index contributed by atoms with van der Waals surface area (Å²) in [5, 5.41) is 10.6. The molecule has 0 radical (unpaired) electrons. The maximum Gasteiger partial charge on any atom is 0.472 e. The Hall–Kier alpha value is -1.94. The van der Waals surface area contributed by atoms with Gasteiger partial charge in [-0.1, -0.05) is 287 Å². The van der Waals surface area contributed by atoms with Gasteiger partial charge in [-0.3, -0.25) is 37.3 Å². The van der Waals surface area contributed by atoms with E-state index in [1.165, 1.54) is 141 Å². The van der Waals surface area contributed by atoms with Gasteiger partial charge in [-0.05, 0) is 49.4 Å². The van der Waals surface area contributed by atoms with Crippen LogP contribution in [0.25, 0.3) is 0 Å². The molecule has 0 saturated heterocycles. The number of unbranched alkanes of at least 4 members (excludes halogenated alkanes) is 32. The predicted molar refractivity (Wildman–Crippen MR) is 354 cm³/mol. The van der Waals surface area contributed by atoms with Crippen molar-refractivity contribution in [2.75, 3.05) is 39.6 Å². The molecule has 522 valence electrons. The van der Waals surface area contributed by atoms with Crippen LogP contribution in [-0.4, -0.2) is 96.7 Å². The topological polar surface area (TPSA) is 237 Å². The molecule has 0 aliphatic heterocycles. The van der Waals surface area contributed by atoms with Gasteiger partial charge >= 0.3 is 39.5 Å². The Morgan fingerprint density at radius 1 is 0.284 bits per heavy atom. The van der Waals surface area contributed by atoms with E-state index in [0.717, 1.165) is 108 Å². The molecule has 3 N–H and O–H groups in total. The van der Waals surface area contributed by atoms with Crippen molar-refractivity contribution < 1.29 is 80.2 Å². The van der Waals surface area contributed by atoms with Crippen LogP contribution in [0.3, 0.4) is 0 Å². The average molecular weight is 1300 g/mol. The predicted octanol–water partition coefficient (Wildman–Crippen LogP) is 19.3. The number of esters is 4. The molecule has 0 rings (SSSR count). The molecule has 0 aliphatic rings. The first-order chi connectivity index (χ1) is 42.1. The van der Waals surface area contributed by atoms with Crippen LogP contribution in [-0.2, 0) is 65.4 Å². The minimum absolute atomic E-state index is 0.101. The number of rotatable bonds is 66. The van der Waals surface area contributed by atoms with Crippen molar-refractivity contribution in [1.82, 2.24) is 0 Å². The van der Waals surface area contributed by atoms with E-state index in [1.54, 1.807) is 0 Å². The van der Waals surface area contributed by atoms with E-state index >= 15 is 0 Å². The first kappa shape index (κ1) is 86.1. The van der Waals surface area contributed by atoms with Gasteiger partial charge in [0.25, 0.3) is 0 Å². The van der Waals surface area contributed by atoms with Crippen LogP contribution in [0, 0.1) is 23.7 Å². The second kappa shape index (κ2) is 58.8. The molecule has 19 heteroatoms. The van der Waals surface area contributed by atoms with Crippen LogP contribution in [0.2, 0.25) is 0 Å². The summed E-state index contributed by atoms with van der Waals surface area (Å²) in [5.74, 6) is 0.797. The molecule has 0 aromatic heterocycles. The number of phosphoric ester groups is 2. The van der Waals surface area contributed by atoms with E-state index in [-0.39, 0.29) is 25.7 Å². The lowest BCUT2D eigenvalue weighted by Crippen LogP contribution is -2.30. The standard InChI is InChI=1S/C69H134O17P2/c1-59(2)45-37-29-21-15-11-9-13-17-24-33-41-49-66(71)79-55-64(85-68(73)51-43-35-26-18-14-10-12-16-22-30-38-46-60(3)4)57-83-87(75,76)81-53-63(70)54-82-88(77,78)84-58-65(86-69(74)52-44-36-28-27-32-40-48-62(7)8)56-80-67(72)50-42-34-25-20-19-23-31-39-47-61(5)6/h59-65,70H,9-58H2,1-8H3,(H,75,76)(H,77,78)/t63?,64-,65-/m1/s1. The Morgan fingerprint density at radius 3 is 0.705 bits per heavy atom. The summed E-state index contributed by atoms with van der Waals surface area (Å²) in [6.45, 7) is 14.0. The molecule has 0 spiro atoms. The summed E-state index contributed by atoms with van der Waals surface area (Å²) >= 11 is 0. The Bertz CT molecular complexity index is 1750. The molecule has 88 heavy (non-hydrogen) atoms. The summed E-state index contributed by atoms with van der Waals surface area (Å²) in [7, 11) is -9.90. The molecule has 0 aliphatic carbocycles. The number of aliphatic hydroxyl groups excluding tert-OH is 1. The van der Waals surface area contributed by atoms with Crippen molar-refractivity contribution in [1.29, 1.82) is 0 Å². The van der Waals surface area contributed by atoms with Gasteiger partial charge in [0.1, 0.15) is 19.3 Å². The van der Waals surface area contributed by atoms with Crippen LogP contribution >= 0.6 is 15.6 Å². The Morgan fingerprint density at radius 2 is 0.477 bits per heavy atom. The summed E-state index contributed by atoms with van der Waals surface area (Å²) in [4.78, 5) is 72.4. The van der Waals surface area contributed by atoms with Gasteiger partial charge in [0.15, 0.2) is 12.2 Å². The Balaban J connectivity index is 5.24. The fourth-order valence-corrected chi connectivity index (χ4v) is 11.9. The van der Waals surface area contributed by atoms with Crippen molar-refractivity contribution in [2.24, 2.45) is 23.7 Å². The summed E-state index contributed by atoms with van der Waals surface area (Å²) in [6.07, 6.45) is 40.5. The van der Waals surface area contributed by atoms with Crippen molar-refractivity contribution in [3.63, 3.8) is 0 Å². The highest BCUT2D eigenvalue weighted by Crippen LogP contribution is 2.45. The maximum absolute atomic E-state index is 13.0. The van der Waals surface area contributed by atoms with E-state index in [9.17, 15) is 43.2 Å². The monoisotopic (exact) mass is 1300 g/mol. The molecule has 0 heterocycles. The van der Waals surface area contributed by atoms with Gasteiger partial charge in [-0.25, -0.2) is 9.13 Å². The molecule has 0 bridgehead atoms. The number of phosphoric acid groups is 2. The van der Waals surface area contributed by atoms with Crippen LogP contribution in [0.5, 0.6) is 0 Å². The fourth-order valence-electron chi connectivity index (χ4n) is 10.3. The van der Waals surface area contributed by atoms with Gasteiger partial charge < -0.3 is 33.8 Å². The number of hydrogen-bond acceptors (Lipinski definition) is 15. The van der Waals surface area contributed by atoms with Gasteiger partial charge in [0.2, 0.25) is 0 Å². The molecule has 0 amide bonds. The molecule has 0 fully saturated rings. The van der Waals surface area contributed by atoms with Gasteiger partial charge in [0, 0.05) is 25.7 Å². The SMILES string of the molecule is CC(C)CCCCCCCCCCCCCC(=O)OC[C@H](COP(=O)(O)OCC(O)COP(=O)(O)OC[C@@H](COC(=O)CCCCCCCCCCC(C)C)OC(=O)CCCCCCCCC(C)C)OC(=O)CCCCCCCCCCCCCC(C)C. The van der Waals surface area contributed by atoms with Crippen molar-refractivity contribution in [2.45, 2.75) is 356 Å². The number of hydrogen-bond donors (Lipinski definition) is 3. The highest BCUT2D eigenvalue weighted by atomic mass is 31.2. The van der Waals surface area contributed by atoms with E-state index < -0.39 is 97.5 Å². The lowest BCUT2D eigenvalue weighted by molar-refractivity contribution is -0.161. The van der Waals surface area contributed by atoms with Crippen molar-refractivity contribution in [3.8, 4) is 0 Å². The normalized spacial score (nSPS) is 14.3. The second-order valence-electron chi connectivity index (χ2n) is 26.8. The van der Waals surface area contributed by atoms with E-state index in [1.807, 2.05) is 0 Å². The van der Waals surface area contributed by atoms with Crippen LogP contribution in [0.4, 0.5) is 0 Å². The largest absolute Gasteiger partial charge is 0.472 e. The average Bonchev–Trinajstić information content (AvgIpc) is 3.60. The minimum atomic E-state index is -4.95. The smallest absolute Gasteiger partial charge is 0.462 e. The van der Waals surface area contributed by atoms with E-state index in [4.69, 9.17) is 37.0 Å². The molecular formula is C69H134O17P2. The zero-order valence-electron chi connectivity index (χ0n) is 57.3. The highest BCUT2D eigenvalue weighted by Gasteiger charge is 2.30. The molecular weight excluding hydrogens is 1160 g/mol. The quantitative estimate of drug-likeness (QED) is 0.0222. The van der Waals surface area contributed by atoms with Crippen molar-refractivity contribution in [3.05, 3.63) is 0 Å². The molecule has 0 saturated carbocycles. The first-order valence-corrected chi connectivity index (χ1v) is 38.7. The molecule has 5 atom stereocenters. The Kier molecular flexibility index (Phi) is 57.6. The third-order valence-corrected chi connectivity index (χ3v) is 17.7. The number of ether oxygens (including phenoxy) is 4. The third kappa shape index (κ3) is 62.8. The lowest BCUT2D eigenvalue weighted by Gasteiger charge is -2.21. The number of aliphatic hydroxyl groups is 1. The van der Waals surface area contributed by atoms with Gasteiger partial charge in [0.05, 0.1) is 26.4 Å². The molecule has 0 aromatic rings. The minimum Gasteiger partial charge on any atom is -0.462 e. The highest BCUT2D eigenvalue weighted by molar-refractivity contribution is 7.47. The lowest BCUT2D eigenvalue weighted by atomic mass is 10.0. The van der Waals surface area contributed by atoms with Crippen LogP contribution < -0.4 is 0 Å². The van der Waals surface area contributed by atoms with Gasteiger partial charge in [-0.2, -0.15) is 0 Å². The summed E-state index contributed by atoms with van der Waals surface area (Å²) in [6, 6.07) is 0. The molecule has 0 aromatic carbocycles. The zero-order chi connectivity index (χ0) is 65.4. The first-order valence-electron chi connectivity index (χ1n) is 35.7. The van der Waals surface area contributed by atoms with Gasteiger partial charge in [-0.15, -0.1) is 0 Å². The maximum atomic E-state index is 13.0. The molecule has 17 nitrogen and oxygen atoms in total. The Labute approximate surface area is 537 Å². The zero-order valence-corrected chi connectivity index (χ0v) is 59.1. The van der Waals surface area contributed by atoms with E-state index in [0.29, 0.717) is 31.6 Å². The molecule has 3 unspecified atom stereocenters. The van der Waals surface area contributed by atoms with Crippen LogP contribution in [0.15, 0.2) is 0 Å². The van der Waals surface area contributed by atoms with Crippen LogP contribution in [0.1, 0.15) is 338 Å². The second-order valence-corrected chi connectivity index (χ2v) is 29.7. The summed E-state index contributed by atoms with van der Waals surface area (Å²) < 4.78 is 68.2. The number of carbonyl (C=O) groups excluding carboxylic acids is 4. The summed E-state index contributed by atoms with van der Waals surface area (Å²) in [5.41, 5.74) is 0. The number of carbonyl (C=O) groups is 4.